The second kappa shape index (κ2) is 3.78. The van der Waals surface area contributed by atoms with Gasteiger partial charge in [-0.3, -0.25) is 0 Å². The van der Waals surface area contributed by atoms with Crippen LogP contribution in [0.5, 0.6) is 0 Å². The zero-order valence-corrected chi connectivity index (χ0v) is 7.85. The van der Waals surface area contributed by atoms with Gasteiger partial charge in [0, 0.05) is 6.54 Å². The molecule has 1 amide bonds. The van der Waals surface area contributed by atoms with Crippen molar-refractivity contribution in [3.63, 3.8) is 0 Å². The van der Waals surface area contributed by atoms with Gasteiger partial charge in [0.2, 0.25) is 0 Å². The summed E-state index contributed by atoms with van der Waals surface area (Å²) in [5.41, 5.74) is 0.409. The lowest BCUT2D eigenvalue weighted by Crippen LogP contribution is -2.30. The number of rotatable bonds is 4. The summed E-state index contributed by atoms with van der Waals surface area (Å²) in [6, 6.07) is 0. The van der Waals surface area contributed by atoms with Gasteiger partial charge in [0.05, 0.1) is 6.61 Å². The number of nitrogens with one attached hydrogen (secondary N) is 1. The molecule has 1 fully saturated rings. The van der Waals surface area contributed by atoms with Crippen molar-refractivity contribution in [1.29, 1.82) is 0 Å². The van der Waals surface area contributed by atoms with Crippen molar-refractivity contribution in [1.82, 2.24) is 5.32 Å². The largest absolute Gasteiger partial charge is 0.450 e. The highest BCUT2D eigenvalue weighted by Gasteiger charge is 2.40. The molecule has 70 valence electrons. The van der Waals surface area contributed by atoms with Crippen molar-refractivity contribution in [3.05, 3.63) is 0 Å². The highest BCUT2D eigenvalue weighted by Crippen LogP contribution is 2.47. The van der Waals surface area contributed by atoms with Gasteiger partial charge in [-0.2, -0.15) is 0 Å². The third-order valence-corrected chi connectivity index (χ3v) is 2.59. The minimum absolute atomic E-state index is 0.280. The van der Waals surface area contributed by atoms with Crippen LogP contribution in [-0.4, -0.2) is 19.2 Å². The predicted molar refractivity (Wildman–Crippen MR) is 47.0 cm³/mol. The number of ether oxygens (including phenoxy) is 1. The Hall–Kier alpha value is -0.730. The third kappa shape index (κ3) is 2.40. The van der Waals surface area contributed by atoms with Gasteiger partial charge < -0.3 is 10.1 Å². The molecule has 0 aromatic rings. The first-order valence-electron chi connectivity index (χ1n) is 4.63. The van der Waals surface area contributed by atoms with Crippen LogP contribution in [0.25, 0.3) is 0 Å². The van der Waals surface area contributed by atoms with E-state index in [1.165, 1.54) is 12.8 Å². The van der Waals surface area contributed by atoms with Gasteiger partial charge in [-0.05, 0) is 31.6 Å². The maximum Gasteiger partial charge on any atom is 0.407 e. The van der Waals surface area contributed by atoms with E-state index in [0.29, 0.717) is 12.0 Å². The van der Waals surface area contributed by atoms with E-state index < -0.39 is 0 Å². The Morgan fingerprint density at radius 1 is 1.50 bits per heavy atom. The number of alkyl carbamates (subject to hydrolysis) is 1. The van der Waals surface area contributed by atoms with Crippen molar-refractivity contribution in [2.45, 2.75) is 33.1 Å². The average Bonchev–Trinajstić information content (AvgIpc) is 2.82. The Labute approximate surface area is 73.5 Å². The van der Waals surface area contributed by atoms with E-state index in [9.17, 15) is 4.79 Å². The number of carbonyl (C=O) groups excluding carboxylic acids is 1. The SMILES string of the molecule is CCOC(=O)NCC1(CC)CC1. The Morgan fingerprint density at radius 3 is 2.58 bits per heavy atom. The number of amides is 1. The quantitative estimate of drug-likeness (QED) is 0.701. The van der Waals surface area contributed by atoms with E-state index in [-0.39, 0.29) is 6.09 Å². The van der Waals surface area contributed by atoms with Crippen molar-refractivity contribution in [3.8, 4) is 0 Å². The van der Waals surface area contributed by atoms with Crippen LogP contribution in [-0.2, 0) is 4.74 Å². The van der Waals surface area contributed by atoms with E-state index in [4.69, 9.17) is 4.74 Å². The van der Waals surface area contributed by atoms with Crippen LogP contribution in [0.1, 0.15) is 33.1 Å². The minimum atomic E-state index is -0.280. The molecule has 0 aromatic heterocycles. The molecule has 1 rings (SSSR count). The van der Waals surface area contributed by atoms with Gasteiger partial charge >= 0.3 is 6.09 Å². The topological polar surface area (TPSA) is 38.3 Å². The molecule has 0 bridgehead atoms. The summed E-state index contributed by atoms with van der Waals surface area (Å²) in [4.78, 5) is 10.9. The molecule has 0 spiro atoms. The molecule has 1 aliphatic rings. The summed E-state index contributed by atoms with van der Waals surface area (Å²) in [6.07, 6.45) is 3.36. The summed E-state index contributed by atoms with van der Waals surface area (Å²) in [6.45, 7) is 5.21. The standard InChI is InChI=1S/C9H17NO2/c1-3-9(5-6-9)7-10-8(11)12-4-2/h3-7H2,1-2H3,(H,10,11). The van der Waals surface area contributed by atoms with E-state index in [2.05, 4.69) is 12.2 Å². The molecule has 3 heteroatoms. The van der Waals surface area contributed by atoms with Gasteiger partial charge in [0.25, 0.3) is 0 Å². The molecule has 0 saturated heterocycles. The van der Waals surface area contributed by atoms with Crippen molar-refractivity contribution in [2.75, 3.05) is 13.2 Å². The number of hydrogen-bond donors (Lipinski definition) is 1. The maximum absolute atomic E-state index is 10.9. The lowest BCUT2D eigenvalue weighted by Gasteiger charge is -2.12. The molecular weight excluding hydrogens is 154 g/mol. The van der Waals surface area contributed by atoms with Crippen LogP contribution in [0.4, 0.5) is 4.79 Å². The summed E-state index contributed by atoms with van der Waals surface area (Å²) < 4.78 is 4.76. The summed E-state index contributed by atoms with van der Waals surface area (Å²) >= 11 is 0. The Kier molecular flexibility index (Phi) is 2.95. The third-order valence-electron chi connectivity index (χ3n) is 2.59. The van der Waals surface area contributed by atoms with Gasteiger partial charge in [0.1, 0.15) is 0 Å². The van der Waals surface area contributed by atoms with Gasteiger partial charge in [0.15, 0.2) is 0 Å². The molecular formula is C9H17NO2. The maximum atomic E-state index is 10.9. The molecule has 0 aromatic carbocycles. The van der Waals surface area contributed by atoms with Crippen LogP contribution < -0.4 is 5.32 Å². The lowest BCUT2D eigenvalue weighted by molar-refractivity contribution is 0.149. The predicted octanol–water partition coefficient (Wildman–Crippen LogP) is 1.92. The highest BCUT2D eigenvalue weighted by atomic mass is 16.5. The number of hydrogen-bond acceptors (Lipinski definition) is 2. The van der Waals surface area contributed by atoms with Gasteiger partial charge in [-0.15, -0.1) is 0 Å². The van der Waals surface area contributed by atoms with Gasteiger partial charge in [-0.1, -0.05) is 6.92 Å². The fourth-order valence-electron chi connectivity index (χ4n) is 1.27. The first kappa shape index (κ1) is 9.36. The highest BCUT2D eigenvalue weighted by molar-refractivity contribution is 5.67. The number of carbonyl (C=O) groups is 1. The van der Waals surface area contributed by atoms with E-state index in [1.54, 1.807) is 0 Å². The van der Waals surface area contributed by atoms with E-state index >= 15 is 0 Å². The fraction of sp³-hybridized carbons (Fsp3) is 0.889. The molecule has 1 N–H and O–H groups in total. The molecule has 0 atom stereocenters. The molecule has 1 saturated carbocycles. The van der Waals surface area contributed by atoms with Crippen LogP contribution in [0.3, 0.4) is 0 Å². The molecule has 3 nitrogen and oxygen atoms in total. The first-order valence-corrected chi connectivity index (χ1v) is 4.63. The van der Waals surface area contributed by atoms with Crippen LogP contribution >= 0.6 is 0 Å². The second-order valence-corrected chi connectivity index (χ2v) is 3.43. The minimum Gasteiger partial charge on any atom is -0.450 e. The zero-order valence-electron chi connectivity index (χ0n) is 7.85. The smallest absolute Gasteiger partial charge is 0.407 e. The van der Waals surface area contributed by atoms with Crippen molar-refractivity contribution in [2.24, 2.45) is 5.41 Å². The first-order chi connectivity index (χ1) is 5.72. The Morgan fingerprint density at radius 2 is 2.17 bits per heavy atom. The summed E-state index contributed by atoms with van der Waals surface area (Å²) in [7, 11) is 0. The monoisotopic (exact) mass is 171 g/mol. The lowest BCUT2D eigenvalue weighted by atomic mass is 10.0. The van der Waals surface area contributed by atoms with Crippen molar-refractivity contribution < 1.29 is 9.53 Å². The molecule has 12 heavy (non-hydrogen) atoms. The Bertz CT molecular complexity index is 164. The molecule has 0 radical (unpaired) electrons. The van der Waals surface area contributed by atoms with E-state index in [1.807, 2.05) is 6.92 Å². The summed E-state index contributed by atoms with van der Waals surface area (Å²) in [5.74, 6) is 0. The molecule has 0 unspecified atom stereocenters. The molecule has 0 aliphatic heterocycles. The average molecular weight is 171 g/mol. The fourth-order valence-corrected chi connectivity index (χ4v) is 1.27. The normalized spacial score (nSPS) is 18.5. The van der Waals surface area contributed by atoms with Gasteiger partial charge in [-0.25, -0.2) is 4.79 Å². The molecule has 0 heterocycles. The summed E-state index contributed by atoms with van der Waals surface area (Å²) in [5, 5.41) is 2.78. The van der Waals surface area contributed by atoms with E-state index in [0.717, 1.165) is 13.0 Å². The molecule has 1 aliphatic carbocycles. The zero-order chi connectivity index (χ0) is 9.03. The Balaban J connectivity index is 2.12. The van der Waals surface area contributed by atoms with Crippen molar-refractivity contribution >= 4 is 6.09 Å². The van der Waals surface area contributed by atoms with Crippen LogP contribution in [0.2, 0.25) is 0 Å². The second-order valence-electron chi connectivity index (χ2n) is 3.43. The van der Waals surface area contributed by atoms with Crippen LogP contribution in [0.15, 0.2) is 0 Å². The van der Waals surface area contributed by atoms with Crippen LogP contribution in [0, 0.1) is 5.41 Å².